The summed E-state index contributed by atoms with van der Waals surface area (Å²) in [5.74, 6) is -1.11. The number of carboxylic acids is 1. The molecule has 1 unspecified atom stereocenters. The van der Waals surface area contributed by atoms with Gasteiger partial charge in [-0.1, -0.05) is 0 Å². The van der Waals surface area contributed by atoms with Gasteiger partial charge in [-0.15, -0.1) is 0 Å². The van der Waals surface area contributed by atoms with Crippen LogP contribution in [0.3, 0.4) is 0 Å². The lowest BCUT2D eigenvalue weighted by molar-refractivity contribution is 0.0341. The molecule has 0 bridgehead atoms. The van der Waals surface area contributed by atoms with Crippen LogP contribution in [0.4, 0.5) is 4.39 Å². The minimum Gasteiger partial charge on any atom is -0.489 e. The molecule has 1 saturated heterocycles. The van der Waals surface area contributed by atoms with Crippen LogP contribution in [0.15, 0.2) is 12.1 Å². The Morgan fingerprint density at radius 1 is 1.29 bits per heavy atom. The Kier molecular flexibility index (Phi) is 4.56. The largest absolute Gasteiger partial charge is 0.489 e. The highest BCUT2D eigenvalue weighted by atomic mass is 19.1. The molecule has 1 aliphatic heterocycles. The highest BCUT2D eigenvalue weighted by Crippen LogP contribution is 2.45. The van der Waals surface area contributed by atoms with Crippen molar-refractivity contribution >= 4 is 5.97 Å². The second-order valence-corrected chi connectivity index (χ2v) is 7.95. The van der Waals surface area contributed by atoms with E-state index in [4.69, 9.17) is 9.84 Å². The van der Waals surface area contributed by atoms with E-state index in [2.05, 4.69) is 25.7 Å². The molecule has 1 aromatic rings. The highest BCUT2D eigenvalue weighted by molar-refractivity contribution is 5.88. The number of carboxylic acid groups (broad SMARTS) is 1. The standard InChI is InChI=1S/C19H26FNO3/c1-19(2,3)21-8-4-5-13(11-21)24-17-10-16(20)15(18(22)23)9-14(17)12-6-7-12/h9-10,12-13H,4-8,11H2,1-3H3,(H,22,23). The zero-order valence-corrected chi connectivity index (χ0v) is 14.6. The summed E-state index contributed by atoms with van der Waals surface area (Å²) in [6.45, 7) is 8.42. The summed E-state index contributed by atoms with van der Waals surface area (Å²) in [7, 11) is 0. The van der Waals surface area contributed by atoms with Crippen LogP contribution in [0.2, 0.25) is 0 Å². The van der Waals surface area contributed by atoms with Gasteiger partial charge in [-0.05, 0) is 70.5 Å². The molecule has 0 spiro atoms. The molecule has 5 heteroatoms. The maximum Gasteiger partial charge on any atom is 0.338 e. The molecule has 1 N–H and O–H groups in total. The molecule has 1 saturated carbocycles. The van der Waals surface area contributed by atoms with Crippen molar-refractivity contribution in [3.8, 4) is 5.75 Å². The maximum atomic E-state index is 14.1. The van der Waals surface area contributed by atoms with Gasteiger partial charge in [0.05, 0.1) is 5.56 Å². The summed E-state index contributed by atoms with van der Waals surface area (Å²) in [4.78, 5) is 13.6. The van der Waals surface area contributed by atoms with E-state index in [0.29, 0.717) is 11.7 Å². The molecule has 1 heterocycles. The van der Waals surface area contributed by atoms with E-state index in [1.165, 1.54) is 12.1 Å². The predicted molar refractivity (Wildman–Crippen MR) is 90.3 cm³/mol. The van der Waals surface area contributed by atoms with Crippen molar-refractivity contribution in [2.75, 3.05) is 13.1 Å². The third-order valence-electron chi connectivity index (χ3n) is 4.97. The Hall–Kier alpha value is -1.62. The van der Waals surface area contributed by atoms with Crippen molar-refractivity contribution in [3.05, 3.63) is 29.1 Å². The average Bonchev–Trinajstić information content (AvgIpc) is 3.31. The number of aromatic carboxylic acids is 1. The number of carbonyl (C=O) groups is 1. The van der Waals surface area contributed by atoms with Gasteiger partial charge in [-0.3, -0.25) is 4.90 Å². The topological polar surface area (TPSA) is 49.8 Å². The lowest BCUT2D eigenvalue weighted by Gasteiger charge is -2.41. The number of likely N-dealkylation sites (tertiary alicyclic amines) is 1. The first kappa shape index (κ1) is 17.2. The second-order valence-electron chi connectivity index (χ2n) is 7.95. The van der Waals surface area contributed by atoms with Gasteiger partial charge in [0.1, 0.15) is 17.7 Å². The molecule has 4 nitrogen and oxygen atoms in total. The molecular weight excluding hydrogens is 309 g/mol. The third kappa shape index (κ3) is 3.72. The number of piperidine rings is 1. The van der Waals surface area contributed by atoms with E-state index in [0.717, 1.165) is 44.3 Å². The number of halogens is 1. The van der Waals surface area contributed by atoms with Crippen molar-refractivity contribution in [2.45, 2.75) is 64.0 Å². The van der Waals surface area contributed by atoms with E-state index < -0.39 is 11.8 Å². The van der Waals surface area contributed by atoms with Gasteiger partial charge in [-0.25, -0.2) is 9.18 Å². The molecule has 132 valence electrons. The van der Waals surface area contributed by atoms with Crippen molar-refractivity contribution in [2.24, 2.45) is 0 Å². The van der Waals surface area contributed by atoms with Crippen LogP contribution in [-0.4, -0.2) is 40.7 Å². The number of hydrogen-bond acceptors (Lipinski definition) is 3. The van der Waals surface area contributed by atoms with Gasteiger partial charge in [0.2, 0.25) is 0 Å². The molecule has 1 atom stereocenters. The molecular formula is C19H26FNO3. The van der Waals surface area contributed by atoms with Gasteiger partial charge in [-0.2, -0.15) is 0 Å². The molecule has 3 rings (SSSR count). The maximum absolute atomic E-state index is 14.1. The third-order valence-corrected chi connectivity index (χ3v) is 4.97. The zero-order valence-electron chi connectivity index (χ0n) is 14.6. The summed E-state index contributed by atoms with van der Waals surface area (Å²) < 4.78 is 20.3. The molecule has 1 aromatic carbocycles. The SMILES string of the molecule is CC(C)(C)N1CCCC(Oc2cc(F)c(C(=O)O)cc2C2CC2)C1. The smallest absolute Gasteiger partial charge is 0.338 e. The molecule has 0 radical (unpaired) electrons. The highest BCUT2D eigenvalue weighted by Gasteiger charge is 2.32. The summed E-state index contributed by atoms with van der Waals surface area (Å²) in [5.41, 5.74) is 0.672. The monoisotopic (exact) mass is 335 g/mol. The van der Waals surface area contributed by atoms with Crippen LogP contribution in [0.25, 0.3) is 0 Å². The van der Waals surface area contributed by atoms with E-state index in [9.17, 15) is 9.18 Å². The van der Waals surface area contributed by atoms with Crippen LogP contribution in [0.5, 0.6) is 5.75 Å². The van der Waals surface area contributed by atoms with E-state index in [-0.39, 0.29) is 17.2 Å². The lowest BCUT2D eigenvalue weighted by Crippen LogP contribution is -2.50. The van der Waals surface area contributed by atoms with Crippen LogP contribution in [0.1, 0.15) is 68.3 Å². The minimum absolute atomic E-state index is 0.0190. The summed E-state index contributed by atoms with van der Waals surface area (Å²) in [6.07, 6.45) is 4.04. The molecule has 1 aliphatic carbocycles. The first-order valence-corrected chi connectivity index (χ1v) is 8.74. The number of ether oxygens (including phenoxy) is 1. The molecule has 2 fully saturated rings. The Labute approximate surface area is 142 Å². The molecule has 2 aliphatic rings. The predicted octanol–water partition coefficient (Wildman–Crippen LogP) is 4.04. The van der Waals surface area contributed by atoms with Crippen molar-refractivity contribution in [3.63, 3.8) is 0 Å². The van der Waals surface area contributed by atoms with E-state index in [1.807, 2.05) is 0 Å². The van der Waals surface area contributed by atoms with Gasteiger partial charge in [0.25, 0.3) is 0 Å². The van der Waals surface area contributed by atoms with Gasteiger partial charge in [0, 0.05) is 18.2 Å². The van der Waals surface area contributed by atoms with Crippen LogP contribution < -0.4 is 4.74 Å². The second kappa shape index (κ2) is 6.36. The van der Waals surface area contributed by atoms with Gasteiger partial charge < -0.3 is 9.84 Å². The number of nitrogens with zero attached hydrogens (tertiary/aromatic N) is 1. The molecule has 0 amide bonds. The fourth-order valence-corrected chi connectivity index (χ4v) is 3.37. The Bertz CT molecular complexity index is 634. The van der Waals surface area contributed by atoms with Crippen LogP contribution in [0, 0.1) is 5.82 Å². The van der Waals surface area contributed by atoms with Crippen LogP contribution >= 0.6 is 0 Å². The first-order chi connectivity index (χ1) is 11.3. The number of hydrogen-bond donors (Lipinski definition) is 1. The first-order valence-electron chi connectivity index (χ1n) is 8.74. The average molecular weight is 335 g/mol. The summed E-state index contributed by atoms with van der Waals surface area (Å²) in [6, 6.07) is 2.74. The normalized spacial score (nSPS) is 22.4. The van der Waals surface area contributed by atoms with Crippen molar-refractivity contribution < 1.29 is 19.0 Å². The number of benzene rings is 1. The Morgan fingerprint density at radius 3 is 2.58 bits per heavy atom. The lowest BCUT2D eigenvalue weighted by atomic mass is 9.99. The quantitative estimate of drug-likeness (QED) is 0.902. The van der Waals surface area contributed by atoms with Gasteiger partial charge >= 0.3 is 5.97 Å². The fraction of sp³-hybridized carbons (Fsp3) is 0.632. The minimum atomic E-state index is -1.22. The Balaban J connectivity index is 1.81. The molecule has 24 heavy (non-hydrogen) atoms. The zero-order chi connectivity index (χ0) is 17.5. The van der Waals surface area contributed by atoms with Crippen molar-refractivity contribution in [1.82, 2.24) is 4.90 Å². The van der Waals surface area contributed by atoms with E-state index >= 15 is 0 Å². The van der Waals surface area contributed by atoms with Crippen molar-refractivity contribution in [1.29, 1.82) is 0 Å². The molecule has 0 aromatic heterocycles. The summed E-state index contributed by atoms with van der Waals surface area (Å²) >= 11 is 0. The van der Waals surface area contributed by atoms with Crippen LogP contribution in [-0.2, 0) is 0 Å². The number of rotatable bonds is 4. The van der Waals surface area contributed by atoms with E-state index in [1.54, 1.807) is 0 Å². The van der Waals surface area contributed by atoms with Gasteiger partial charge in [0.15, 0.2) is 0 Å². The fourth-order valence-electron chi connectivity index (χ4n) is 3.37. The summed E-state index contributed by atoms with van der Waals surface area (Å²) in [5, 5.41) is 9.14. The Morgan fingerprint density at radius 2 is 2.00 bits per heavy atom.